The number of nitrogens with one attached hydrogen (secondary N) is 1. The SMILES string of the molecule is CC1(O)CCN(C(=O)NC2CCCCC2C(=O)O)C1. The molecule has 2 amide bonds. The molecule has 0 aromatic carbocycles. The van der Waals surface area contributed by atoms with Gasteiger partial charge in [0.05, 0.1) is 18.1 Å². The lowest BCUT2D eigenvalue weighted by Gasteiger charge is -2.31. The molecule has 2 rings (SSSR count). The fraction of sp³-hybridized carbons (Fsp3) is 0.846. The number of carbonyl (C=O) groups is 2. The molecule has 108 valence electrons. The zero-order valence-electron chi connectivity index (χ0n) is 11.3. The maximum absolute atomic E-state index is 12.1. The predicted octanol–water partition coefficient (Wildman–Crippen LogP) is 0.796. The summed E-state index contributed by atoms with van der Waals surface area (Å²) in [7, 11) is 0. The first-order valence-electron chi connectivity index (χ1n) is 6.90. The molecule has 19 heavy (non-hydrogen) atoms. The van der Waals surface area contributed by atoms with E-state index in [1.165, 1.54) is 0 Å². The summed E-state index contributed by atoms with van der Waals surface area (Å²) in [6.07, 6.45) is 3.76. The molecule has 0 aromatic heterocycles. The number of hydrogen-bond acceptors (Lipinski definition) is 3. The number of hydrogen-bond donors (Lipinski definition) is 3. The van der Waals surface area contributed by atoms with E-state index in [-0.39, 0.29) is 12.1 Å². The highest BCUT2D eigenvalue weighted by Gasteiger charge is 2.37. The van der Waals surface area contributed by atoms with Gasteiger partial charge in [0, 0.05) is 12.6 Å². The third kappa shape index (κ3) is 3.37. The summed E-state index contributed by atoms with van der Waals surface area (Å²) >= 11 is 0. The number of carboxylic acid groups (broad SMARTS) is 1. The van der Waals surface area contributed by atoms with Crippen LogP contribution in [-0.4, -0.2) is 51.8 Å². The summed E-state index contributed by atoms with van der Waals surface area (Å²) in [5.41, 5.74) is -0.823. The van der Waals surface area contributed by atoms with Gasteiger partial charge in [-0.2, -0.15) is 0 Å². The second kappa shape index (κ2) is 5.36. The molecule has 3 N–H and O–H groups in total. The largest absolute Gasteiger partial charge is 0.481 e. The summed E-state index contributed by atoms with van der Waals surface area (Å²) in [5.74, 6) is -1.32. The Balaban J connectivity index is 1.92. The number of carboxylic acids is 1. The van der Waals surface area contributed by atoms with Crippen LogP contribution in [0.15, 0.2) is 0 Å². The molecule has 0 aromatic rings. The number of aliphatic carboxylic acids is 1. The number of likely N-dealkylation sites (tertiary alicyclic amines) is 1. The number of aliphatic hydroxyl groups is 1. The average molecular weight is 270 g/mol. The van der Waals surface area contributed by atoms with Gasteiger partial charge < -0.3 is 20.4 Å². The van der Waals surface area contributed by atoms with Gasteiger partial charge >= 0.3 is 12.0 Å². The van der Waals surface area contributed by atoms with E-state index in [4.69, 9.17) is 5.11 Å². The van der Waals surface area contributed by atoms with Crippen molar-refractivity contribution >= 4 is 12.0 Å². The molecular formula is C13H22N2O4. The first-order chi connectivity index (χ1) is 8.89. The molecule has 2 aliphatic rings. The minimum Gasteiger partial charge on any atom is -0.481 e. The molecule has 6 heteroatoms. The third-order valence-electron chi connectivity index (χ3n) is 4.13. The van der Waals surface area contributed by atoms with Crippen LogP contribution in [0.1, 0.15) is 39.0 Å². The van der Waals surface area contributed by atoms with Crippen LogP contribution in [0.4, 0.5) is 4.79 Å². The molecule has 1 saturated carbocycles. The van der Waals surface area contributed by atoms with Gasteiger partial charge in [-0.3, -0.25) is 4.79 Å². The molecule has 1 aliphatic carbocycles. The van der Waals surface area contributed by atoms with E-state index in [1.807, 2.05) is 0 Å². The fourth-order valence-corrected chi connectivity index (χ4v) is 2.97. The minimum atomic E-state index is -0.835. The topological polar surface area (TPSA) is 89.9 Å². The summed E-state index contributed by atoms with van der Waals surface area (Å²) in [5, 5.41) is 21.8. The Kier molecular flexibility index (Phi) is 3.99. The number of nitrogens with zero attached hydrogens (tertiary/aromatic N) is 1. The lowest BCUT2D eigenvalue weighted by molar-refractivity contribution is -0.143. The van der Waals surface area contributed by atoms with E-state index in [9.17, 15) is 14.7 Å². The van der Waals surface area contributed by atoms with E-state index in [2.05, 4.69) is 5.32 Å². The van der Waals surface area contributed by atoms with Crippen molar-refractivity contribution in [2.24, 2.45) is 5.92 Å². The Bertz CT molecular complexity index is 370. The van der Waals surface area contributed by atoms with E-state index in [1.54, 1.807) is 11.8 Å². The van der Waals surface area contributed by atoms with Crippen molar-refractivity contribution in [3.05, 3.63) is 0 Å². The quantitative estimate of drug-likeness (QED) is 0.692. The molecular weight excluding hydrogens is 248 g/mol. The highest BCUT2D eigenvalue weighted by molar-refractivity contribution is 5.77. The van der Waals surface area contributed by atoms with Crippen molar-refractivity contribution in [2.75, 3.05) is 13.1 Å². The molecule has 1 aliphatic heterocycles. The van der Waals surface area contributed by atoms with Gasteiger partial charge in [0.25, 0.3) is 0 Å². The van der Waals surface area contributed by atoms with E-state index < -0.39 is 17.5 Å². The van der Waals surface area contributed by atoms with E-state index in [0.29, 0.717) is 32.4 Å². The molecule has 1 saturated heterocycles. The van der Waals surface area contributed by atoms with Crippen LogP contribution < -0.4 is 5.32 Å². The van der Waals surface area contributed by atoms with Crippen molar-refractivity contribution in [2.45, 2.75) is 50.7 Å². The summed E-state index contributed by atoms with van der Waals surface area (Å²) < 4.78 is 0. The Labute approximate surface area is 112 Å². The van der Waals surface area contributed by atoms with Crippen molar-refractivity contribution in [3.8, 4) is 0 Å². The molecule has 0 spiro atoms. The molecule has 1 heterocycles. The average Bonchev–Trinajstić information content (AvgIpc) is 2.70. The summed E-state index contributed by atoms with van der Waals surface area (Å²) in [6, 6.07) is -0.541. The maximum atomic E-state index is 12.1. The molecule has 0 radical (unpaired) electrons. The zero-order chi connectivity index (χ0) is 14.0. The Hall–Kier alpha value is -1.30. The second-order valence-corrected chi connectivity index (χ2v) is 5.95. The van der Waals surface area contributed by atoms with Gasteiger partial charge in [0.15, 0.2) is 0 Å². The number of amides is 2. The smallest absolute Gasteiger partial charge is 0.317 e. The van der Waals surface area contributed by atoms with Gasteiger partial charge in [-0.15, -0.1) is 0 Å². The third-order valence-corrected chi connectivity index (χ3v) is 4.13. The Morgan fingerprint density at radius 3 is 2.58 bits per heavy atom. The normalized spacial score (nSPS) is 35.2. The van der Waals surface area contributed by atoms with Crippen molar-refractivity contribution in [3.63, 3.8) is 0 Å². The van der Waals surface area contributed by atoms with Crippen LogP contribution in [0.5, 0.6) is 0 Å². The number of carbonyl (C=O) groups excluding carboxylic acids is 1. The standard InChI is InChI=1S/C13H22N2O4/c1-13(19)6-7-15(8-13)12(18)14-10-5-3-2-4-9(10)11(16)17/h9-10,19H,2-8H2,1H3,(H,14,18)(H,16,17). The van der Waals surface area contributed by atoms with Crippen molar-refractivity contribution in [1.82, 2.24) is 10.2 Å². The van der Waals surface area contributed by atoms with Gasteiger partial charge in [0.1, 0.15) is 0 Å². The molecule has 6 nitrogen and oxygen atoms in total. The molecule has 2 fully saturated rings. The Morgan fingerprint density at radius 2 is 2.00 bits per heavy atom. The molecule has 3 atom stereocenters. The number of urea groups is 1. The van der Waals surface area contributed by atoms with Crippen LogP contribution in [0.25, 0.3) is 0 Å². The van der Waals surface area contributed by atoms with Crippen LogP contribution in [0.3, 0.4) is 0 Å². The Morgan fingerprint density at radius 1 is 1.32 bits per heavy atom. The van der Waals surface area contributed by atoms with Gasteiger partial charge in [-0.05, 0) is 26.2 Å². The van der Waals surface area contributed by atoms with Crippen LogP contribution in [0.2, 0.25) is 0 Å². The van der Waals surface area contributed by atoms with Gasteiger partial charge in [-0.1, -0.05) is 12.8 Å². The highest BCUT2D eigenvalue weighted by atomic mass is 16.4. The first kappa shape index (κ1) is 14.1. The maximum Gasteiger partial charge on any atom is 0.317 e. The predicted molar refractivity (Wildman–Crippen MR) is 68.7 cm³/mol. The van der Waals surface area contributed by atoms with Crippen LogP contribution in [0, 0.1) is 5.92 Å². The zero-order valence-corrected chi connectivity index (χ0v) is 11.3. The monoisotopic (exact) mass is 270 g/mol. The molecule has 3 unspecified atom stereocenters. The van der Waals surface area contributed by atoms with Crippen molar-refractivity contribution < 1.29 is 19.8 Å². The summed E-state index contributed by atoms with van der Waals surface area (Å²) in [6.45, 7) is 2.54. The van der Waals surface area contributed by atoms with Crippen LogP contribution >= 0.6 is 0 Å². The first-order valence-corrected chi connectivity index (χ1v) is 6.90. The number of rotatable bonds is 2. The lowest BCUT2D eigenvalue weighted by atomic mass is 9.84. The van der Waals surface area contributed by atoms with E-state index >= 15 is 0 Å². The number of β-amino-alcohol motifs (C(OH)–C–C–N with tert-alkyl or cyclic N) is 1. The molecule has 0 bridgehead atoms. The highest BCUT2D eigenvalue weighted by Crippen LogP contribution is 2.26. The van der Waals surface area contributed by atoms with Gasteiger partial charge in [-0.25, -0.2) is 4.79 Å². The summed E-state index contributed by atoms with van der Waals surface area (Å²) in [4.78, 5) is 24.8. The van der Waals surface area contributed by atoms with Crippen molar-refractivity contribution in [1.29, 1.82) is 0 Å². The van der Waals surface area contributed by atoms with Gasteiger partial charge in [0.2, 0.25) is 0 Å². The minimum absolute atomic E-state index is 0.254. The fourth-order valence-electron chi connectivity index (χ4n) is 2.97. The van der Waals surface area contributed by atoms with Crippen LogP contribution in [-0.2, 0) is 4.79 Å². The second-order valence-electron chi connectivity index (χ2n) is 5.95. The lowest BCUT2D eigenvalue weighted by Crippen LogP contribution is -2.50. The van der Waals surface area contributed by atoms with E-state index in [0.717, 1.165) is 12.8 Å².